The first-order valence-corrected chi connectivity index (χ1v) is 11.1. The number of rotatable bonds is 8. The maximum atomic E-state index is 12.5. The van der Waals surface area contributed by atoms with E-state index in [-0.39, 0.29) is 33.2 Å². The van der Waals surface area contributed by atoms with Crippen LogP contribution in [0.1, 0.15) is 15.9 Å². The van der Waals surface area contributed by atoms with E-state index in [1.165, 1.54) is 54.6 Å². The highest BCUT2D eigenvalue weighted by Gasteiger charge is 2.19. The molecule has 3 aromatic rings. The van der Waals surface area contributed by atoms with Crippen molar-refractivity contribution in [2.24, 2.45) is 0 Å². The number of nitro groups is 1. The maximum Gasteiger partial charge on any atom is 0.339 e. The summed E-state index contributed by atoms with van der Waals surface area (Å²) in [5.74, 6) is -2.15. The SMILES string of the molecule is N#C/C(=C\c1ccc(OS(=O)(=O)c2ccc([N+](=O)[O-])cc2)cc1)C(=O)Nc1ccccc1C(=O)O. The number of carbonyl (C=O) groups is 2. The van der Waals surface area contributed by atoms with Gasteiger partial charge in [-0.1, -0.05) is 24.3 Å². The van der Waals surface area contributed by atoms with Crippen LogP contribution in [0.25, 0.3) is 6.08 Å². The van der Waals surface area contributed by atoms with E-state index in [0.717, 1.165) is 24.3 Å². The minimum Gasteiger partial charge on any atom is -0.478 e. The highest BCUT2D eigenvalue weighted by atomic mass is 32.2. The molecule has 0 aromatic heterocycles. The van der Waals surface area contributed by atoms with Gasteiger partial charge in [0.25, 0.3) is 11.6 Å². The van der Waals surface area contributed by atoms with Gasteiger partial charge < -0.3 is 14.6 Å². The highest BCUT2D eigenvalue weighted by Crippen LogP contribution is 2.22. The predicted molar refractivity (Wildman–Crippen MR) is 123 cm³/mol. The van der Waals surface area contributed by atoms with Crippen molar-refractivity contribution < 1.29 is 32.2 Å². The number of nitrogens with zero attached hydrogens (tertiary/aromatic N) is 2. The van der Waals surface area contributed by atoms with Crippen LogP contribution in [0.3, 0.4) is 0 Å². The number of aromatic carboxylic acids is 1. The van der Waals surface area contributed by atoms with E-state index < -0.39 is 26.9 Å². The molecular formula is C23H15N3O8S. The van der Waals surface area contributed by atoms with Crippen molar-refractivity contribution in [1.82, 2.24) is 0 Å². The molecule has 0 aliphatic rings. The number of hydrogen-bond donors (Lipinski definition) is 2. The molecule has 1 amide bonds. The molecule has 12 heteroatoms. The third-order valence-electron chi connectivity index (χ3n) is 4.50. The quantitative estimate of drug-likeness (QED) is 0.156. The van der Waals surface area contributed by atoms with Crippen LogP contribution < -0.4 is 9.50 Å². The topological polar surface area (TPSA) is 177 Å². The van der Waals surface area contributed by atoms with E-state index >= 15 is 0 Å². The lowest BCUT2D eigenvalue weighted by atomic mass is 10.1. The molecule has 0 bridgehead atoms. The smallest absolute Gasteiger partial charge is 0.339 e. The van der Waals surface area contributed by atoms with Crippen LogP contribution in [0.2, 0.25) is 0 Å². The summed E-state index contributed by atoms with van der Waals surface area (Å²) in [5, 5.41) is 31.7. The first kappa shape index (κ1) is 24.6. The first-order valence-electron chi connectivity index (χ1n) is 9.65. The van der Waals surface area contributed by atoms with E-state index in [1.807, 2.05) is 0 Å². The number of amides is 1. The number of hydrogen-bond acceptors (Lipinski definition) is 8. The second-order valence-corrected chi connectivity index (χ2v) is 8.38. The Bertz CT molecular complexity index is 1470. The van der Waals surface area contributed by atoms with Crippen molar-refractivity contribution in [2.45, 2.75) is 4.90 Å². The summed E-state index contributed by atoms with van der Waals surface area (Å²) in [6.07, 6.45) is 1.23. The Hall–Kier alpha value is -5.02. The summed E-state index contributed by atoms with van der Waals surface area (Å²) >= 11 is 0. The van der Waals surface area contributed by atoms with Gasteiger partial charge in [0.05, 0.1) is 16.2 Å². The monoisotopic (exact) mass is 493 g/mol. The van der Waals surface area contributed by atoms with Gasteiger partial charge in [0.2, 0.25) is 0 Å². The Morgan fingerprint density at radius 3 is 2.23 bits per heavy atom. The molecule has 0 heterocycles. The predicted octanol–water partition coefficient (Wildman–Crippen LogP) is 3.61. The molecule has 0 atom stereocenters. The molecule has 2 N–H and O–H groups in total. The van der Waals surface area contributed by atoms with E-state index in [1.54, 1.807) is 6.07 Å². The zero-order valence-corrected chi connectivity index (χ0v) is 18.4. The summed E-state index contributed by atoms with van der Waals surface area (Å²) in [6.45, 7) is 0. The van der Waals surface area contributed by atoms with Gasteiger partial charge in [-0.25, -0.2) is 4.79 Å². The summed E-state index contributed by atoms with van der Waals surface area (Å²) < 4.78 is 29.8. The first-order chi connectivity index (χ1) is 16.6. The van der Waals surface area contributed by atoms with Gasteiger partial charge in [-0.3, -0.25) is 14.9 Å². The molecule has 0 unspecified atom stereocenters. The number of carboxylic acids is 1. The molecule has 3 rings (SSSR count). The summed E-state index contributed by atoms with van der Waals surface area (Å²) in [7, 11) is -4.26. The van der Waals surface area contributed by atoms with Gasteiger partial charge in [0.1, 0.15) is 22.3 Å². The normalized spacial score (nSPS) is 11.2. The number of benzene rings is 3. The zero-order chi connectivity index (χ0) is 25.6. The van der Waals surface area contributed by atoms with Crippen LogP contribution in [0.4, 0.5) is 11.4 Å². The van der Waals surface area contributed by atoms with E-state index in [4.69, 9.17) is 4.18 Å². The van der Waals surface area contributed by atoms with Crippen molar-refractivity contribution in [3.8, 4) is 11.8 Å². The Kier molecular flexibility index (Phi) is 7.23. The third-order valence-corrected chi connectivity index (χ3v) is 5.77. The number of non-ortho nitro benzene ring substituents is 1. The van der Waals surface area contributed by atoms with Crippen molar-refractivity contribution in [1.29, 1.82) is 5.26 Å². The maximum absolute atomic E-state index is 12.5. The highest BCUT2D eigenvalue weighted by molar-refractivity contribution is 7.87. The third kappa shape index (κ3) is 6.06. The fraction of sp³-hybridized carbons (Fsp3) is 0. The van der Waals surface area contributed by atoms with Gasteiger partial charge in [0.15, 0.2) is 0 Å². The lowest BCUT2D eigenvalue weighted by Crippen LogP contribution is -2.16. The van der Waals surface area contributed by atoms with Gasteiger partial charge in [0, 0.05) is 12.1 Å². The molecule has 0 fully saturated rings. The Morgan fingerprint density at radius 2 is 1.66 bits per heavy atom. The van der Waals surface area contributed by atoms with Crippen molar-refractivity contribution in [2.75, 3.05) is 5.32 Å². The lowest BCUT2D eigenvalue weighted by Gasteiger charge is -2.08. The number of carboxylic acid groups (broad SMARTS) is 1. The number of nitrogens with one attached hydrogen (secondary N) is 1. The lowest BCUT2D eigenvalue weighted by molar-refractivity contribution is -0.384. The molecule has 0 aliphatic carbocycles. The Labute approximate surface area is 198 Å². The molecule has 0 spiro atoms. The van der Waals surface area contributed by atoms with Gasteiger partial charge in [-0.15, -0.1) is 0 Å². The molecular weight excluding hydrogens is 478 g/mol. The minimum atomic E-state index is -4.26. The average Bonchev–Trinajstić information content (AvgIpc) is 2.83. The second-order valence-electron chi connectivity index (χ2n) is 6.83. The van der Waals surface area contributed by atoms with Crippen LogP contribution in [0.15, 0.2) is 83.3 Å². The van der Waals surface area contributed by atoms with Crippen LogP contribution in [-0.4, -0.2) is 30.3 Å². The Morgan fingerprint density at radius 1 is 1.03 bits per heavy atom. The van der Waals surface area contributed by atoms with E-state index in [0.29, 0.717) is 5.56 Å². The number of nitro benzene ring substituents is 1. The van der Waals surface area contributed by atoms with Gasteiger partial charge >= 0.3 is 16.1 Å². The fourth-order valence-electron chi connectivity index (χ4n) is 2.81. The Balaban J connectivity index is 1.75. The van der Waals surface area contributed by atoms with Gasteiger partial charge in [-0.2, -0.15) is 13.7 Å². The molecule has 0 aliphatic heterocycles. The fourth-order valence-corrected chi connectivity index (χ4v) is 3.74. The number of nitriles is 1. The largest absolute Gasteiger partial charge is 0.478 e. The molecule has 0 saturated carbocycles. The number of carbonyl (C=O) groups excluding carboxylic acids is 1. The average molecular weight is 493 g/mol. The number of anilines is 1. The van der Waals surface area contributed by atoms with Crippen molar-refractivity contribution >= 4 is 39.4 Å². The summed E-state index contributed by atoms with van der Waals surface area (Å²) in [5.41, 5.74) is -0.357. The second kappa shape index (κ2) is 10.3. The minimum absolute atomic E-state index is 0.0198. The summed E-state index contributed by atoms with van der Waals surface area (Å²) in [6, 6.07) is 17.0. The summed E-state index contributed by atoms with van der Waals surface area (Å²) in [4.78, 5) is 33.5. The van der Waals surface area contributed by atoms with E-state index in [2.05, 4.69) is 5.32 Å². The van der Waals surface area contributed by atoms with Crippen LogP contribution in [0.5, 0.6) is 5.75 Å². The van der Waals surface area contributed by atoms with Crippen molar-refractivity contribution in [3.05, 3.63) is 99.6 Å². The molecule has 0 radical (unpaired) electrons. The van der Waals surface area contributed by atoms with E-state index in [9.17, 15) is 38.5 Å². The standard InChI is InChI=1S/C23H15N3O8S/c24-14-16(22(27)25-21-4-2-1-3-20(21)23(28)29)13-15-5-9-18(10-6-15)34-35(32,33)19-11-7-17(8-12-19)26(30)31/h1-13H,(H,25,27)(H,28,29)/b16-13+. The van der Waals surface area contributed by atoms with Crippen LogP contribution >= 0.6 is 0 Å². The van der Waals surface area contributed by atoms with Crippen LogP contribution in [0, 0.1) is 21.4 Å². The zero-order valence-electron chi connectivity index (χ0n) is 17.6. The molecule has 35 heavy (non-hydrogen) atoms. The van der Waals surface area contributed by atoms with Gasteiger partial charge in [-0.05, 0) is 48.0 Å². The molecule has 0 saturated heterocycles. The molecule has 11 nitrogen and oxygen atoms in total. The van der Waals surface area contributed by atoms with Crippen LogP contribution in [-0.2, 0) is 14.9 Å². The molecule has 3 aromatic carbocycles. The van der Waals surface area contributed by atoms with Crippen molar-refractivity contribution in [3.63, 3.8) is 0 Å². The number of para-hydroxylation sites is 1. The molecule has 176 valence electrons.